The first-order valence-corrected chi connectivity index (χ1v) is 8.04. The minimum atomic E-state index is -0.859. The van der Waals surface area contributed by atoms with Crippen molar-refractivity contribution >= 4 is 16.9 Å². The van der Waals surface area contributed by atoms with Crippen molar-refractivity contribution < 1.29 is 19.1 Å². The van der Waals surface area contributed by atoms with Crippen molar-refractivity contribution in [1.82, 2.24) is 4.90 Å². The summed E-state index contributed by atoms with van der Waals surface area (Å²) >= 11 is 0. The maximum atomic E-state index is 11.2. The van der Waals surface area contributed by atoms with Gasteiger partial charge in [0.2, 0.25) is 0 Å². The van der Waals surface area contributed by atoms with Crippen molar-refractivity contribution in [2.75, 3.05) is 20.2 Å². The third kappa shape index (κ3) is 3.41. The van der Waals surface area contributed by atoms with Gasteiger partial charge in [-0.15, -0.1) is 0 Å². The Bertz CT molecular complexity index is 685. The van der Waals surface area contributed by atoms with Gasteiger partial charge in [-0.05, 0) is 44.8 Å². The van der Waals surface area contributed by atoms with Gasteiger partial charge in [0.25, 0.3) is 0 Å². The molecule has 1 fully saturated rings. The number of fused-ring (bicyclic) bond motifs is 1. The second kappa shape index (κ2) is 6.72. The first-order valence-electron chi connectivity index (χ1n) is 8.04. The molecular weight excluding hydrogens is 294 g/mol. The van der Waals surface area contributed by atoms with E-state index in [2.05, 4.69) is 29.2 Å². The summed E-state index contributed by atoms with van der Waals surface area (Å²) in [4.78, 5) is 13.6. The molecule has 0 aliphatic carbocycles. The molecule has 0 radical (unpaired) electrons. The molecule has 1 aliphatic heterocycles. The smallest absolute Gasteiger partial charge is 0.333 e. The van der Waals surface area contributed by atoms with Crippen molar-refractivity contribution in [2.24, 2.45) is 5.92 Å². The fourth-order valence-electron chi connectivity index (χ4n) is 3.53. The zero-order valence-electron chi connectivity index (χ0n) is 13.6. The molecule has 1 aliphatic rings. The lowest BCUT2D eigenvalue weighted by atomic mass is 9.91. The number of hydrogen-bond donors (Lipinski definition) is 1. The quantitative estimate of drug-likeness (QED) is 0.918. The summed E-state index contributed by atoms with van der Waals surface area (Å²) in [5.41, 5.74) is 2.16. The number of aliphatic carboxylic acids is 1. The van der Waals surface area contributed by atoms with Crippen LogP contribution in [0.25, 0.3) is 11.0 Å². The largest absolute Gasteiger partial charge is 0.479 e. The maximum Gasteiger partial charge on any atom is 0.333 e. The van der Waals surface area contributed by atoms with Crippen LogP contribution in [0, 0.1) is 12.8 Å². The molecule has 0 bridgehead atoms. The number of benzene rings is 1. The lowest BCUT2D eigenvalue weighted by Gasteiger charge is -2.34. The van der Waals surface area contributed by atoms with Crippen LogP contribution in [0.5, 0.6) is 0 Å². The van der Waals surface area contributed by atoms with E-state index in [4.69, 9.17) is 9.15 Å². The monoisotopic (exact) mass is 317 g/mol. The lowest BCUT2D eigenvalue weighted by molar-refractivity contribution is -0.153. The molecule has 2 aromatic rings. The number of likely N-dealkylation sites (tertiary alicyclic amines) is 1. The van der Waals surface area contributed by atoms with Crippen LogP contribution < -0.4 is 0 Å². The van der Waals surface area contributed by atoms with Crippen molar-refractivity contribution in [3.05, 3.63) is 35.6 Å². The van der Waals surface area contributed by atoms with Gasteiger partial charge in [-0.3, -0.25) is 4.90 Å². The third-order valence-electron chi connectivity index (χ3n) is 4.70. The third-order valence-corrected chi connectivity index (χ3v) is 4.70. The number of carboxylic acid groups (broad SMARTS) is 1. The number of piperidine rings is 1. The fraction of sp³-hybridized carbons (Fsp3) is 0.500. The Morgan fingerprint density at radius 3 is 2.83 bits per heavy atom. The first kappa shape index (κ1) is 16.0. The Kier molecular flexibility index (Phi) is 4.68. The number of methoxy groups -OCH3 is 1. The molecule has 0 amide bonds. The average Bonchev–Trinajstić information content (AvgIpc) is 2.91. The van der Waals surface area contributed by atoms with Gasteiger partial charge in [0, 0.05) is 24.6 Å². The van der Waals surface area contributed by atoms with E-state index in [1.165, 1.54) is 12.7 Å². The highest BCUT2D eigenvalue weighted by atomic mass is 16.5. The molecule has 5 nitrogen and oxygen atoms in total. The van der Waals surface area contributed by atoms with Crippen LogP contribution >= 0.6 is 0 Å². The van der Waals surface area contributed by atoms with Crippen LogP contribution in [-0.2, 0) is 16.1 Å². The van der Waals surface area contributed by atoms with Crippen LogP contribution in [0.2, 0.25) is 0 Å². The molecule has 1 aromatic carbocycles. The number of hydrogen-bond acceptors (Lipinski definition) is 4. The Balaban J connectivity index is 1.65. The zero-order valence-corrected chi connectivity index (χ0v) is 13.6. The molecule has 1 saturated heterocycles. The van der Waals surface area contributed by atoms with E-state index in [-0.39, 0.29) is 5.92 Å². The summed E-state index contributed by atoms with van der Waals surface area (Å²) in [6, 6.07) is 8.29. The Labute approximate surface area is 135 Å². The highest BCUT2D eigenvalue weighted by molar-refractivity contribution is 5.81. The molecule has 2 heterocycles. The number of nitrogens with zero attached hydrogens (tertiary/aromatic N) is 1. The number of ether oxygens (including phenoxy) is 1. The molecule has 0 spiro atoms. The molecule has 1 atom stereocenters. The van der Waals surface area contributed by atoms with Crippen LogP contribution in [0.1, 0.15) is 24.2 Å². The van der Waals surface area contributed by atoms with E-state index < -0.39 is 12.1 Å². The minimum Gasteiger partial charge on any atom is -0.479 e. The number of carboxylic acids is 1. The van der Waals surface area contributed by atoms with Gasteiger partial charge in [0.05, 0.1) is 0 Å². The normalized spacial score (nSPS) is 18.3. The maximum absolute atomic E-state index is 11.2. The van der Waals surface area contributed by atoms with E-state index in [9.17, 15) is 9.90 Å². The number of carbonyl (C=O) groups is 1. The Morgan fingerprint density at radius 2 is 2.17 bits per heavy atom. The molecular formula is C18H23NO4. The zero-order chi connectivity index (χ0) is 16.4. The second-order valence-corrected chi connectivity index (χ2v) is 6.30. The molecule has 23 heavy (non-hydrogen) atoms. The lowest BCUT2D eigenvalue weighted by Crippen LogP contribution is -2.41. The summed E-state index contributed by atoms with van der Waals surface area (Å²) in [7, 11) is 1.48. The van der Waals surface area contributed by atoms with Gasteiger partial charge in [0.15, 0.2) is 6.10 Å². The van der Waals surface area contributed by atoms with Gasteiger partial charge >= 0.3 is 5.97 Å². The van der Waals surface area contributed by atoms with E-state index in [1.807, 2.05) is 6.92 Å². The standard InChI is InChI=1S/C18H23NO4/c1-12-10-14-4-3-5-15(16(14)23-12)11-19-8-6-13(7-9-19)17(22-2)18(20)21/h3-5,10,13,17H,6-9,11H2,1-2H3,(H,20,21). The first-order chi connectivity index (χ1) is 11.1. The van der Waals surface area contributed by atoms with Crippen molar-refractivity contribution in [3.8, 4) is 0 Å². The topological polar surface area (TPSA) is 62.9 Å². The summed E-state index contributed by atoms with van der Waals surface area (Å²) < 4.78 is 11.0. The SMILES string of the molecule is COC(C(=O)O)C1CCN(Cc2cccc3cc(C)oc23)CC1. The number of furan rings is 1. The van der Waals surface area contributed by atoms with Crippen molar-refractivity contribution in [2.45, 2.75) is 32.4 Å². The van der Waals surface area contributed by atoms with E-state index in [1.54, 1.807) is 0 Å². The Hall–Kier alpha value is -1.85. The molecule has 1 N–H and O–H groups in total. The summed E-state index contributed by atoms with van der Waals surface area (Å²) in [6.07, 6.45) is 1.00. The van der Waals surface area contributed by atoms with Crippen LogP contribution in [-0.4, -0.2) is 42.3 Å². The van der Waals surface area contributed by atoms with Gasteiger partial charge in [-0.25, -0.2) is 4.79 Å². The molecule has 1 aromatic heterocycles. The number of rotatable bonds is 5. The number of aryl methyl sites for hydroxylation is 1. The summed E-state index contributed by atoms with van der Waals surface area (Å²) in [6.45, 7) is 4.57. The fourth-order valence-corrected chi connectivity index (χ4v) is 3.53. The molecule has 3 rings (SSSR count). The van der Waals surface area contributed by atoms with Gasteiger partial charge < -0.3 is 14.3 Å². The highest BCUT2D eigenvalue weighted by Crippen LogP contribution is 2.27. The van der Waals surface area contributed by atoms with Crippen molar-refractivity contribution in [1.29, 1.82) is 0 Å². The summed E-state index contributed by atoms with van der Waals surface area (Å²) in [5.74, 6) is 0.160. The molecule has 124 valence electrons. The minimum absolute atomic E-state index is 0.0930. The predicted octanol–water partition coefficient (Wildman–Crippen LogP) is 3.05. The van der Waals surface area contributed by atoms with E-state index in [0.29, 0.717) is 0 Å². The molecule has 1 unspecified atom stereocenters. The van der Waals surface area contributed by atoms with Crippen LogP contribution in [0.3, 0.4) is 0 Å². The highest BCUT2D eigenvalue weighted by Gasteiger charge is 2.31. The van der Waals surface area contributed by atoms with Gasteiger partial charge in [-0.1, -0.05) is 18.2 Å². The van der Waals surface area contributed by atoms with Crippen molar-refractivity contribution in [3.63, 3.8) is 0 Å². The van der Waals surface area contributed by atoms with E-state index in [0.717, 1.165) is 49.2 Å². The van der Waals surface area contributed by atoms with Crippen LogP contribution in [0.4, 0.5) is 0 Å². The second-order valence-electron chi connectivity index (χ2n) is 6.30. The molecule has 0 saturated carbocycles. The van der Waals surface area contributed by atoms with E-state index >= 15 is 0 Å². The van der Waals surface area contributed by atoms with Gasteiger partial charge in [0.1, 0.15) is 11.3 Å². The average molecular weight is 317 g/mol. The molecule has 5 heteroatoms. The van der Waals surface area contributed by atoms with Gasteiger partial charge in [-0.2, -0.15) is 0 Å². The predicted molar refractivity (Wildman–Crippen MR) is 87.4 cm³/mol. The van der Waals surface area contributed by atoms with Crippen LogP contribution in [0.15, 0.2) is 28.7 Å². The summed E-state index contributed by atoms with van der Waals surface area (Å²) in [5, 5.41) is 10.3. The number of para-hydroxylation sites is 1. The Morgan fingerprint density at radius 1 is 1.43 bits per heavy atom.